The second-order valence-corrected chi connectivity index (χ2v) is 4.79. The van der Waals surface area contributed by atoms with Crippen LogP contribution in [-0.2, 0) is 9.84 Å². The van der Waals surface area contributed by atoms with Crippen molar-refractivity contribution in [2.24, 2.45) is 0 Å². The van der Waals surface area contributed by atoms with Crippen LogP contribution in [0.15, 0.2) is 23.1 Å². The molecule has 0 aromatic heterocycles. The minimum absolute atomic E-state index is 0.0132. The molecule has 6 heteroatoms. The molecule has 15 heavy (non-hydrogen) atoms. The van der Waals surface area contributed by atoms with Gasteiger partial charge in [-0.05, 0) is 12.1 Å². The molecular formula is C9H10N2O3S. The fourth-order valence-electron chi connectivity index (χ4n) is 1.10. The van der Waals surface area contributed by atoms with Gasteiger partial charge in [0, 0.05) is 11.8 Å². The van der Waals surface area contributed by atoms with E-state index in [1.165, 1.54) is 25.3 Å². The van der Waals surface area contributed by atoms with E-state index in [9.17, 15) is 8.42 Å². The number of nitriles is 1. The molecular weight excluding hydrogens is 216 g/mol. The number of anilines is 1. The SMILES string of the molecule is COc1cc(N)ccc1S(=O)(=O)CC#N. The molecule has 0 aliphatic heterocycles. The Morgan fingerprint density at radius 1 is 1.53 bits per heavy atom. The first-order valence-electron chi connectivity index (χ1n) is 4.04. The van der Waals surface area contributed by atoms with Crippen molar-refractivity contribution in [3.8, 4) is 11.8 Å². The highest BCUT2D eigenvalue weighted by atomic mass is 32.2. The molecule has 0 fully saturated rings. The second-order valence-electron chi connectivity index (χ2n) is 2.83. The third kappa shape index (κ3) is 2.39. The summed E-state index contributed by atoms with van der Waals surface area (Å²) in [5.41, 5.74) is 5.89. The van der Waals surface area contributed by atoms with Crippen LogP contribution in [0.5, 0.6) is 5.75 Å². The monoisotopic (exact) mass is 226 g/mol. The van der Waals surface area contributed by atoms with Crippen molar-refractivity contribution in [3.05, 3.63) is 18.2 Å². The first kappa shape index (κ1) is 11.3. The van der Waals surface area contributed by atoms with Gasteiger partial charge in [0.05, 0.1) is 13.2 Å². The summed E-state index contributed by atoms with van der Waals surface area (Å²) >= 11 is 0. The van der Waals surface area contributed by atoms with Gasteiger partial charge in [0.25, 0.3) is 0 Å². The van der Waals surface area contributed by atoms with Gasteiger partial charge < -0.3 is 10.5 Å². The summed E-state index contributed by atoms with van der Waals surface area (Å²) in [5, 5.41) is 8.39. The maximum absolute atomic E-state index is 11.6. The van der Waals surface area contributed by atoms with E-state index in [-0.39, 0.29) is 10.6 Å². The standard InChI is InChI=1S/C9H10N2O3S/c1-14-8-6-7(11)2-3-9(8)15(12,13)5-4-10/h2-3,6H,5,11H2,1H3. The van der Waals surface area contributed by atoms with Gasteiger partial charge in [0.2, 0.25) is 0 Å². The van der Waals surface area contributed by atoms with Gasteiger partial charge in [-0.1, -0.05) is 0 Å². The van der Waals surface area contributed by atoms with E-state index in [0.29, 0.717) is 5.69 Å². The molecule has 0 aliphatic rings. The van der Waals surface area contributed by atoms with Crippen molar-refractivity contribution in [1.82, 2.24) is 0 Å². The van der Waals surface area contributed by atoms with Gasteiger partial charge in [0.15, 0.2) is 9.84 Å². The summed E-state index contributed by atoms with van der Waals surface area (Å²) in [6.45, 7) is 0. The Bertz CT molecular complexity index is 503. The highest BCUT2D eigenvalue weighted by Gasteiger charge is 2.19. The van der Waals surface area contributed by atoms with Gasteiger partial charge in [-0.2, -0.15) is 5.26 Å². The number of hydrogen-bond acceptors (Lipinski definition) is 5. The quantitative estimate of drug-likeness (QED) is 0.761. The number of benzene rings is 1. The molecule has 0 aliphatic carbocycles. The molecule has 0 saturated heterocycles. The topological polar surface area (TPSA) is 93.2 Å². The van der Waals surface area contributed by atoms with Crippen LogP contribution in [0.3, 0.4) is 0 Å². The van der Waals surface area contributed by atoms with Crippen molar-refractivity contribution >= 4 is 15.5 Å². The Labute approximate surface area is 88.0 Å². The number of sulfone groups is 1. The number of methoxy groups -OCH3 is 1. The Morgan fingerprint density at radius 3 is 2.73 bits per heavy atom. The largest absolute Gasteiger partial charge is 0.495 e. The number of hydrogen-bond donors (Lipinski definition) is 1. The van der Waals surface area contributed by atoms with Crippen molar-refractivity contribution in [3.63, 3.8) is 0 Å². The average Bonchev–Trinajstić information content (AvgIpc) is 2.17. The molecule has 0 saturated carbocycles. The van der Waals surface area contributed by atoms with E-state index >= 15 is 0 Å². The first-order chi connectivity index (χ1) is 7.01. The lowest BCUT2D eigenvalue weighted by Gasteiger charge is -2.07. The van der Waals surface area contributed by atoms with Gasteiger partial charge in [0.1, 0.15) is 16.4 Å². The molecule has 0 amide bonds. The molecule has 0 spiro atoms. The van der Waals surface area contributed by atoms with Gasteiger partial charge in [-0.25, -0.2) is 8.42 Å². The number of ether oxygens (including phenoxy) is 1. The molecule has 1 rings (SSSR count). The maximum Gasteiger partial charge on any atom is 0.195 e. The molecule has 0 heterocycles. The van der Waals surface area contributed by atoms with Gasteiger partial charge in [-0.3, -0.25) is 0 Å². The Morgan fingerprint density at radius 2 is 2.20 bits per heavy atom. The fraction of sp³-hybridized carbons (Fsp3) is 0.222. The summed E-state index contributed by atoms with van der Waals surface area (Å²) in [4.78, 5) is -0.0132. The lowest BCUT2D eigenvalue weighted by molar-refractivity contribution is 0.403. The van der Waals surface area contributed by atoms with Crippen molar-refractivity contribution in [1.29, 1.82) is 5.26 Å². The van der Waals surface area contributed by atoms with E-state index in [2.05, 4.69) is 0 Å². The summed E-state index contributed by atoms with van der Waals surface area (Å²) in [6.07, 6.45) is 0. The molecule has 80 valence electrons. The van der Waals surface area contributed by atoms with Crippen LogP contribution in [0.2, 0.25) is 0 Å². The minimum Gasteiger partial charge on any atom is -0.495 e. The molecule has 1 aromatic rings. The Kier molecular flexibility index (Phi) is 3.17. The van der Waals surface area contributed by atoms with Gasteiger partial charge in [-0.15, -0.1) is 0 Å². The predicted octanol–water partition coefficient (Wildman–Crippen LogP) is 0.575. The summed E-state index contributed by atoms with van der Waals surface area (Å²) in [7, 11) is -2.26. The molecule has 0 radical (unpaired) electrons. The third-order valence-corrected chi connectivity index (χ3v) is 3.29. The summed E-state index contributed by atoms with van der Waals surface area (Å²) in [5.74, 6) is -0.418. The summed E-state index contributed by atoms with van der Waals surface area (Å²) in [6, 6.07) is 5.79. The molecule has 2 N–H and O–H groups in total. The van der Waals surface area contributed by atoms with E-state index in [1.54, 1.807) is 6.07 Å². The smallest absolute Gasteiger partial charge is 0.195 e. The molecule has 0 unspecified atom stereocenters. The van der Waals surface area contributed by atoms with Crippen molar-refractivity contribution in [2.75, 3.05) is 18.6 Å². The number of nitrogens with zero attached hydrogens (tertiary/aromatic N) is 1. The normalized spacial score (nSPS) is 10.7. The lowest BCUT2D eigenvalue weighted by atomic mass is 10.3. The van der Waals surface area contributed by atoms with E-state index < -0.39 is 15.6 Å². The van der Waals surface area contributed by atoms with Crippen LogP contribution < -0.4 is 10.5 Å². The van der Waals surface area contributed by atoms with Crippen molar-refractivity contribution in [2.45, 2.75) is 4.90 Å². The van der Waals surface area contributed by atoms with Crippen LogP contribution >= 0.6 is 0 Å². The van der Waals surface area contributed by atoms with E-state index in [4.69, 9.17) is 15.7 Å². The number of rotatable bonds is 3. The first-order valence-corrected chi connectivity index (χ1v) is 5.69. The van der Waals surface area contributed by atoms with Crippen LogP contribution in [-0.4, -0.2) is 21.3 Å². The minimum atomic E-state index is -3.61. The number of nitrogen functional groups attached to an aromatic ring is 1. The molecule has 5 nitrogen and oxygen atoms in total. The molecule has 0 atom stereocenters. The average molecular weight is 226 g/mol. The zero-order chi connectivity index (χ0) is 11.5. The fourth-order valence-corrected chi connectivity index (χ4v) is 2.15. The van der Waals surface area contributed by atoms with Crippen LogP contribution in [0.4, 0.5) is 5.69 Å². The predicted molar refractivity (Wildman–Crippen MR) is 55.1 cm³/mol. The van der Waals surface area contributed by atoms with Gasteiger partial charge >= 0.3 is 0 Å². The van der Waals surface area contributed by atoms with Crippen molar-refractivity contribution < 1.29 is 13.2 Å². The Hall–Kier alpha value is -1.74. The third-order valence-electron chi connectivity index (χ3n) is 1.78. The van der Waals surface area contributed by atoms with Crippen LogP contribution in [0.1, 0.15) is 0 Å². The lowest BCUT2D eigenvalue weighted by Crippen LogP contribution is -2.07. The maximum atomic E-state index is 11.6. The second kappa shape index (κ2) is 4.19. The highest BCUT2D eigenvalue weighted by molar-refractivity contribution is 7.91. The van der Waals surface area contributed by atoms with Crippen LogP contribution in [0.25, 0.3) is 0 Å². The molecule has 1 aromatic carbocycles. The zero-order valence-corrected chi connectivity index (χ0v) is 8.91. The highest BCUT2D eigenvalue weighted by Crippen LogP contribution is 2.26. The number of nitrogens with two attached hydrogens (primary N) is 1. The van der Waals surface area contributed by atoms with Crippen LogP contribution in [0, 0.1) is 11.3 Å². The molecule has 0 bridgehead atoms. The Balaban J connectivity index is 3.33. The summed E-state index contributed by atoms with van der Waals surface area (Å²) < 4.78 is 28.1. The van der Waals surface area contributed by atoms with E-state index in [0.717, 1.165) is 0 Å². The zero-order valence-electron chi connectivity index (χ0n) is 8.10. The van der Waals surface area contributed by atoms with E-state index in [1.807, 2.05) is 0 Å².